The van der Waals surface area contributed by atoms with Crippen LogP contribution in [-0.2, 0) is 7.53 Å². The van der Waals surface area contributed by atoms with E-state index in [0.29, 0.717) is 24.2 Å². The first-order valence-corrected chi connectivity index (χ1v) is 14.0. The second-order valence-corrected chi connectivity index (χ2v) is 13.3. The van der Waals surface area contributed by atoms with Crippen molar-refractivity contribution in [2.24, 2.45) is 0 Å². The highest BCUT2D eigenvalue weighted by atomic mass is 127. The second-order valence-electron chi connectivity index (χ2n) is 6.06. The maximum Gasteiger partial charge on any atom is 0.180 e. The van der Waals surface area contributed by atoms with Gasteiger partial charge in [0.1, 0.15) is 12.8 Å². The van der Waals surface area contributed by atoms with E-state index in [0.717, 1.165) is 11.1 Å². The fraction of sp³-hybridized carbons (Fsp3) is 0.0952. The van der Waals surface area contributed by atoms with Gasteiger partial charge in [0.05, 0.1) is 17.7 Å². The fourth-order valence-corrected chi connectivity index (χ4v) is 5.03. The van der Waals surface area contributed by atoms with Crippen LogP contribution in [0.15, 0.2) is 77.7 Å². The van der Waals surface area contributed by atoms with Crippen molar-refractivity contribution in [1.82, 2.24) is 0 Å². The molecule has 0 saturated heterocycles. The Labute approximate surface area is 186 Å². The maximum atomic E-state index is 13.4. The first-order chi connectivity index (χ1) is 14.0. The lowest BCUT2D eigenvalue weighted by atomic mass is 10.0. The molecule has 0 heterocycles. The Morgan fingerprint density at radius 1 is 1.18 bits per heavy atom. The molecule has 7 heteroatoms. The minimum absolute atomic E-state index is 0.0410. The third-order valence-electron chi connectivity index (χ3n) is 4.00. The minimum Gasteiger partial charge on any atom is -0.507 e. The largest absolute Gasteiger partial charge is 0.507 e. The van der Waals surface area contributed by atoms with Crippen LogP contribution in [0.2, 0.25) is 0 Å². The van der Waals surface area contributed by atoms with Gasteiger partial charge in [0.15, 0.2) is 5.78 Å². The number of phenols is 1. The van der Waals surface area contributed by atoms with Gasteiger partial charge in [0, 0.05) is 26.8 Å². The summed E-state index contributed by atoms with van der Waals surface area (Å²) >= 11 is 3.43. The van der Waals surface area contributed by atoms with Crippen LogP contribution in [-0.4, -0.2) is 12.2 Å². The van der Waals surface area contributed by atoms with Gasteiger partial charge < -0.3 is 9.29 Å². The number of Topliss-reactive ketones (excluding diaryl/α,β-unsaturated/α-hetero) is 1. The summed E-state index contributed by atoms with van der Waals surface area (Å²) in [6, 6.07) is 22.0. The Morgan fingerprint density at radius 2 is 1.89 bits per heavy atom. The lowest BCUT2D eigenvalue weighted by Gasteiger charge is -2.17. The topological polar surface area (TPSA) is 46.5 Å². The molecule has 0 radical (unpaired) electrons. The molecule has 2 unspecified atom stereocenters. The number of hydrogen-bond acceptors (Lipinski definition) is 4. The second kappa shape index (κ2) is 9.92. The lowest BCUT2D eigenvalue weighted by Crippen LogP contribution is -2.10. The Morgan fingerprint density at radius 3 is 2.57 bits per heavy atom. The van der Waals surface area contributed by atoms with Crippen LogP contribution >= 0.6 is 40.9 Å². The van der Waals surface area contributed by atoms with Crippen molar-refractivity contribution >= 4 is 54.2 Å². The molecule has 0 aromatic heterocycles. The molecule has 28 heavy (non-hydrogen) atoms. The molecule has 0 spiro atoms. The Kier molecular flexibility index (Phi) is 7.07. The van der Waals surface area contributed by atoms with Gasteiger partial charge in [-0.05, 0) is 62.4 Å². The number of carbonyl (C=O) groups excluding carboxylic acids is 1. The molecule has 3 aromatic carbocycles. The molecule has 1 N–H and O–H groups in total. The number of carbonyl (C=O) groups is 1. The maximum absolute atomic E-state index is 13.4. The van der Waals surface area contributed by atoms with Crippen molar-refractivity contribution in [3.63, 3.8) is 0 Å². The molecule has 3 rings (SSSR count). The van der Waals surface area contributed by atoms with E-state index in [1.165, 1.54) is 11.8 Å². The van der Waals surface area contributed by atoms with Gasteiger partial charge >= 0.3 is 0 Å². The van der Waals surface area contributed by atoms with Gasteiger partial charge in [-0.3, -0.25) is 4.79 Å². The predicted molar refractivity (Wildman–Crippen MR) is 129 cm³/mol. The van der Waals surface area contributed by atoms with E-state index in [2.05, 4.69) is 21.2 Å². The molecule has 0 aliphatic rings. The zero-order chi connectivity index (χ0) is 20.8. The summed E-state index contributed by atoms with van der Waals surface area (Å²) in [5.74, 6) is 0.766. The van der Waals surface area contributed by atoms with E-state index in [9.17, 15) is 9.90 Å². The van der Waals surface area contributed by atoms with Crippen molar-refractivity contribution in [3.05, 3.63) is 89.5 Å². The summed E-state index contributed by atoms with van der Waals surface area (Å²) < 4.78 is 13.0. The number of halogens is 1. The molecular formula is C21H18IO3PS2. The number of aromatic hydroxyl groups is 1. The molecule has 0 amide bonds. The van der Waals surface area contributed by atoms with Gasteiger partial charge in [-0.1, -0.05) is 36.4 Å². The van der Waals surface area contributed by atoms with Crippen LogP contribution in [0.4, 0.5) is 0 Å². The minimum atomic E-state index is -0.523. The summed E-state index contributed by atoms with van der Waals surface area (Å²) in [5, 5.41) is 9.78. The molecule has 0 bridgehead atoms. The molecule has 0 saturated carbocycles. The summed E-state index contributed by atoms with van der Waals surface area (Å²) in [4.78, 5) is 14.0. The van der Waals surface area contributed by atoms with E-state index >= 15 is 0 Å². The van der Waals surface area contributed by atoms with E-state index in [-0.39, 0.29) is 11.5 Å². The van der Waals surface area contributed by atoms with Crippen LogP contribution in [0.25, 0.3) is 0 Å². The molecule has 2 atom stereocenters. The normalized spacial score (nSPS) is 13.6. The number of phenolic OH excluding ortho intramolecular Hbond substituents is 1. The fourth-order valence-electron chi connectivity index (χ4n) is 2.65. The number of thioether (sulfide) groups is 1. The number of rotatable bonds is 7. The van der Waals surface area contributed by atoms with Crippen molar-refractivity contribution in [3.8, 4) is 11.5 Å². The highest BCUT2D eigenvalue weighted by Gasteiger charge is 2.24. The quantitative estimate of drug-likeness (QED) is 0.156. The molecule has 0 aliphatic heterocycles. The average molecular weight is 542 g/mol. The van der Waals surface area contributed by atoms with Crippen molar-refractivity contribution in [2.45, 2.75) is 17.1 Å². The zero-order valence-electron chi connectivity index (χ0n) is 15.9. The molecule has 0 fully saturated rings. The SMILES string of the molecule is [3H]P=S(I)Oc1ccc(C(=O)C(Sc2cc(C)ccc2O)c2ccccc2)cc1. The van der Waals surface area contributed by atoms with E-state index in [1.54, 1.807) is 30.3 Å². The van der Waals surface area contributed by atoms with Gasteiger partial charge in [-0.25, -0.2) is 0 Å². The van der Waals surface area contributed by atoms with E-state index < -0.39 is 12.8 Å². The van der Waals surface area contributed by atoms with E-state index in [4.69, 9.17) is 5.46 Å². The first kappa shape index (κ1) is 20.0. The number of aryl methyl sites for hydroxylation is 1. The van der Waals surface area contributed by atoms with E-state index in [1.807, 2.05) is 49.4 Å². The van der Waals surface area contributed by atoms with Crippen molar-refractivity contribution < 1.29 is 14.1 Å². The Hall–Kier alpha value is -1.34. The van der Waals surface area contributed by atoms with Crippen LogP contribution in [0.5, 0.6) is 11.5 Å². The predicted octanol–water partition coefficient (Wildman–Crippen LogP) is 6.74. The van der Waals surface area contributed by atoms with Crippen molar-refractivity contribution in [1.29, 1.82) is 1.28 Å². The highest BCUT2D eigenvalue weighted by molar-refractivity contribution is 14.2. The summed E-state index contributed by atoms with van der Waals surface area (Å²) in [6.07, 6.45) is 0. The number of ketones is 1. The average Bonchev–Trinajstić information content (AvgIpc) is 2.75. The van der Waals surface area contributed by atoms with Crippen LogP contribution < -0.4 is 4.18 Å². The molecular weight excluding hydrogens is 522 g/mol. The monoisotopic (exact) mass is 542 g/mol. The van der Waals surface area contributed by atoms with Gasteiger partial charge in [0.25, 0.3) is 0 Å². The Bertz CT molecular complexity index is 1030. The molecule has 0 aliphatic carbocycles. The summed E-state index contributed by atoms with van der Waals surface area (Å²) in [6.45, 7) is 1.96. The zero-order valence-corrected chi connectivity index (χ0v) is 19.6. The van der Waals surface area contributed by atoms with Gasteiger partial charge in [-0.2, -0.15) is 0 Å². The summed E-state index contributed by atoms with van der Waals surface area (Å²) in [7, 11) is -0.103. The molecule has 144 valence electrons. The lowest BCUT2D eigenvalue weighted by molar-refractivity contribution is 0.0989. The number of benzene rings is 3. The third-order valence-corrected chi connectivity index (χ3v) is 6.40. The standard InChI is InChI=1S/C21H18IO3PS2/c1-14-7-12-18(23)19(13-14)27-21(16-5-3-2-4-6-16)20(24)15-8-10-17(11-9-15)25-28(22)26/h2-13,21,23,26H,1H3/i26T. The first-order valence-electron chi connectivity index (χ1n) is 8.82. The third kappa shape index (κ3) is 5.60. The highest BCUT2D eigenvalue weighted by Crippen LogP contribution is 2.42. The van der Waals surface area contributed by atoms with Crippen LogP contribution in [0.3, 0.4) is 0 Å². The molecule has 3 nitrogen and oxygen atoms in total. The van der Waals surface area contributed by atoms with Crippen molar-refractivity contribution in [2.75, 3.05) is 0 Å². The number of hydrogen-bond donors (Lipinski definition) is 1. The smallest absolute Gasteiger partial charge is 0.180 e. The Balaban J connectivity index is 1.92. The molecule has 3 aromatic rings. The van der Waals surface area contributed by atoms with Crippen LogP contribution in [0.1, 0.15) is 26.7 Å². The van der Waals surface area contributed by atoms with Gasteiger partial charge in [-0.15, -0.1) is 11.8 Å². The van der Waals surface area contributed by atoms with Gasteiger partial charge in [0.2, 0.25) is 0 Å². The van der Waals surface area contributed by atoms with Crippen LogP contribution in [0, 0.1) is 6.92 Å². The summed E-state index contributed by atoms with van der Waals surface area (Å²) in [5.41, 5.74) is 2.47.